The van der Waals surface area contributed by atoms with E-state index >= 15 is 0 Å². The molecule has 0 unspecified atom stereocenters. The summed E-state index contributed by atoms with van der Waals surface area (Å²) in [5.41, 5.74) is 5.65. The number of ether oxygens (including phenoxy) is 2. The molecule has 2 aliphatic rings. The molecule has 0 radical (unpaired) electrons. The van der Waals surface area contributed by atoms with Crippen molar-refractivity contribution in [3.63, 3.8) is 0 Å². The predicted octanol–water partition coefficient (Wildman–Crippen LogP) is 3.94. The van der Waals surface area contributed by atoms with Crippen molar-refractivity contribution in [3.05, 3.63) is 95.1 Å². The van der Waals surface area contributed by atoms with Crippen LogP contribution < -0.4 is 5.32 Å². The van der Waals surface area contributed by atoms with Crippen molar-refractivity contribution in [2.24, 2.45) is 0 Å². The highest BCUT2D eigenvalue weighted by molar-refractivity contribution is 5.80. The number of aliphatic hydroxyl groups is 2. The van der Waals surface area contributed by atoms with Gasteiger partial charge in [0.15, 0.2) is 6.29 Å². The molecular weight excluding hydrogens is 536 g/mol. The Kier molecular flexibility index (Phi) is 9.99. The third-order valence-corrected chi connectivity index (χ3v) is 7.88. The average Bonchev–Trinajstić information content (AvgIpc) is 3.43. The third-order valence-electron chi connectivity index (χ3n) is 7.88. The fraction of sp³-hybridized carbons (Fsp3) is 0.394. The van der Waals surface area contributed by atoms with E-state index in [2.05, 4.69) is 10.2 Å². The lowest BCUT2D eigenvalue weighted by Gasteiger charge is -2.38. The number of carboxylic acid groups (broad SMARTS) is 1. The first-order valence-electron chi connectivity index (χ1n) is 14.5. The Morgan fingerprint density at radius 1 is 0.929 bits per heavy atom. The smallest absolute Gasteiger partial charge is 0.303 e. The summed E-state index contributed by atoms with van der Waals surface area (Å²) in [7, 11) is 0. The van der Waals surface area contributed by atoms with E-state index in [0.29, 0.717) is 26.1 Å². The highest BCUT2D eigenvalue weighted by Crippen LogP contribution is 2.39. The minimum Gasteiger partial charge on any atom is -0.481 e. The van der Waals surface area contributed by atoms with E-state index in [1.165, 1.54) is 0 Å². The van der Waals surface area contributed by atoms with Gasteiger partial charge in [0, 0.05) is 44.6 Å². The van der Waals surface area contributed by atoms with E-state index in [1.54, 1.807) is 0 Å². The van der Waals surface area contributed by atoms with Gasteiger partial charge < -0.3 is 30.1 Å². The zero-order chi connectivity index (χ0) is 29.5. The standard InChI is InChI=1S/C33H38N2O7/c36-21-22-5-7-24(8-6-22)30-17-28(20-35-16-15-27(37)19-35)41-33(42-30)25-11-9-23(10-12-25)29-4-2-1-3-26(29)18-34-31(38)13-14-32(39)40/h1-12,27-28,30,33,36-37H,13-21H2,(H,34,38)(H,39,40)/t27-,28+,30-,33-/m0/s1. The second-order valence-corrected chi connectivity index (χ2v) is 11.0. The normalized spacial score (nSPS) is 22.6. The summed E-state index contributed by atoms with van der Waals surface area (Å²) in [6.07, 6.45) is 0.0716. The van der Waals surface area contributed by atoms with E-state index < -0.39 is 12.3 Å². The Morgan fingerprint density at radius 2 is 1.67 bits per heavy atom. The van der Waals surface area contributed by atoms with Crippen molar-refractivity contribution in [2.75, 3.05) is 19.6 Å². The monoisotopic (exact) mass is 574 g/mol. The summed E-state index contributed by atoms with van der Waals surface area (Å²) < 4.78 is 12.9. The molecule has 0 aromatic heterocycles. The topological polar surface area (TPSA) is 129 Å². The lowest BCUT2D eigenvalue weighted by Crippen LogP contribution is -2.38. The molecular formula is C33H38N2O7. The Bertz CT molecular complexity index is 1350. The highest BCUT2D eigenvalue weighted by Gasteiger charge is 2.34. The second-order valence-electron chi connectivity index (χ2n) is 11.0. The quantitative estimate of drug-likeness (QED) is 0.271. The first kappa shape index (κ1) is 29.9. The Hall–Kier alpha value is -3.60. The molecule has 2 heterocycles. The van der Waals surface area contributed by atoms with Crippen LogP contribution in [0.2, 0.25) is 0 Å². The van der Waals surface area contributed by atoms with Gasteiger partial charge in [-0.2, -0.15) is 0 Å². The zero-order valence-corrected chi connectivity index (χ0v) is 23.5. The molecule has 42 heavy (non-hydrogen) atoms. The minimum atomic E-state index is -0.997. The van der Waals surface area contributed by atoms with Crippen LogP contribution in [0.5, 0.6) is 0 Å². The molecule has 0 aliphatic carbocycles. The molecule has 5 rings (SSSR count). The van der Waals surface area contributed by atoms with Crippen LogP contribution in [-0.2, 0) is 32.2 Å². The summed E-state index contributed by atoms with van der Waals surface area (Å²) in [6, 6.07) is 23.6. The van der Waals surface area contributed by atoms with Gasteiger partial charge in [-0.15, -0.1) is 0 Å². The molecule has 9 heteroatoms. The summed E-state index contributed by atoms with van der Waals surface area (Å²) in [4.78, 5) is 25.1. The zero-order valence-electron chi connectivity index (χ0n) is 23.5. The van der Waals surface area contributed by atoms with Crippen LogP contribution in [0, 0.1) is 0 Å². The van der Waals surface area contributed by atoms with Gasteiger partial charge in [-0.3, -0.25) is 14.5 Å². The number of β-amino-alcohol motifs (C(OH)–C–C–N with tert-alkyl or cyclic N) is 1. The molecule has 2 fully saturated rings. The number of hydrogen-bond acceptors (Lipinski definition) is 7. The van der Waals surface area contributed by atoms with Crippen molar-refractivity contribution >= 4 is 11.9 Å². The minimum absolute atomic E-state index is 0.00990. The molecule has 4 atom stereocenters. The van der Waals surface area contributed by atoms with Crippen LogP contribution in [0.3, 0.4) is 0 Å². The summed E-state index contributed by atoms with van der Waals surface area (Å²) in [5, 5.41) is 31.1. The first-order chi connectivity index (χ1) is 20.4. The molecule has 0 bridgehead atoms. The second kappa shape index (κ2) is 14.0. The summed E-state index contributed by atoms with van der Waals surface area (Å²) >= 11 is 0. The number of likely N-dealkylation sites (tertiary alicyclic amines) is 1. The van der Waals surface area contributed by atoms with Gasteiger partial charge in [0.1, 0.15) is 0 Å². The summed E-state index contributed by atoms with van der Waals surface area (Å²) in [5.74, 6) is -1.30. The van der Waals surface area contributed by atoms with E-state index in [4.69, 9.17) is 14.6 Å². The van der Waals surface area contributed by atoms with Crippen molar-refractivity contribution in [1.29, 1.82) is 0 Å². The van der Waals surface area contributed by atoms with Crippen LogP contribution in [0.4, 0.5) is 0 Å². The molecule has 2 aliphatic heterocycles. The van der Waals surface area contributed by atoms with Crippen LogP contribution in [0.15, 0.2) is 72.8 Å². The largest absolute Gasteiger partial charge is 0.481 e. The van der Waals surface area contributed by atoms with Crippen LogP contribution >= 0.6 is 0 Å². The maximum Gasteiger partial charge on any atom is 0.303 e. The fourth-order valence-electron chi connectivity index (χ4n) is 5.58. The van der Waals surface area contributed by atoms with Gasteiger partial charge in [-0.05, 0) is 34.2 Å². The number of carboxylic acids is 1. The number of nitrogens with zero attached hydrogens (tertiary/aromatic N) is 1. The highest BCUT2D eigenvalue weighted by atomic mass is 16.7. The molecule has 4 N–H and O–H groups in total. The SMILES string of the molecule is O=C(O)CCC(=O)NCc1ccccc1-c1ccc([C@H]2O[C@@H](CN3CC[C@H](O)C3)C[C@@H](c3ccc(CO)cc3)O2)cc1. The number of amides is 1. The molecule has 9 nitrogen and oxygen atoms in total. The van der Waals surface area contributed by atoms with E-state index in [9.17, 15) is 19.8 Å². The van der Waals surface area contributed by atoms with Crippen molar-refractivity contribution < 1.29 is 34.4 Å². The van der Waals surface area contributed by atoms with Gasteiger partial charge in [0.05, 0.1) is 31.3 Å². The van der Waals surface area contributed by atoms with Crippen molar-refractivity contribution in [2.45, 2.75) is 63.4 Å². The third kappa shape index (κ3) is 7.81. The number of carbonyl (C=O) groups is 2. The van der Waals surface area contributed by atoms with Crippen LogP contribution in [0.25, 0.3) is 11.1 Å². The number of hydrogen-bond donors (Lipinski definition) is 4. The number of benzene rings is 3. The van der Waals surface area contributed by atoms with Gasteiger partial charge in [-0.1, -0.05) is 72.8 Å². The Morgan fingerprint density at radius 3 is 2.36 bits per heavy atom. The maximum absolute atomic E-state index is 12.1. The average molecular weight is 575 g/mol. The lowest BCUT2D eigenvalue weighted by atomic mass is 9.97. The molecule has 3 aromatic rings. The Labute approximate surface area is 245 Å². The number of aliphatic hydroxyl groups excluding tert-OH is 2. The molecule has 0 spiro atoms. The van der Waals surface area contributed by atoms with Crippen molar-refractivity contribution in [3.8, 4) is 11.1 Å². The maximum atomic E-state index is 12.1. The number of aliphatic carboxylic acids is 1. The molecule has 0 saturated carbocycles. The molecule has 3 aromatic carbocycles. The van der Waals surface area contributed by atoms with E-state index in [0.717, 1.165) is 46.3 Å². The summed E-state index contributed by atoms with van der Waals surface area (Å²) in [6.45, 7) is 2.50. The van der Waals surface area contributed by atoms with Gasteiger partial charge in [0.2, 0.25) is 5.91 Å². The van der Waals surface area contributed by atoms with Crippen LogP contribution in [0.1, 0.15) is 60.3 Å². The van der Waals surface area contributed by atoms with Crippen LogP contribution in [-0.4, -0.2) is 63.9 Å². The molecule has 1 amide bonds. The van der Waals surface area contributed by atoms with Crippen molar-refractivity contribution in [1.82, 2.24) is 10.2 Å². The van der Waals surface area contributed by atoms with Gasteiger partial charge in [0.25, 0.3) is 0 Å². The first-order valence-corrected chi connectivity index (χ1v) is 14.5. The molecule has 2 saturated heterocycles. The number of carbonyl (C=O) groups excluding carboxylic acids is 1. The van der Waals surface area contributed by atoms with Gasteiger partial charge in [-0.25, -0.2) is 0 Å². The van der Waals surface area contributed by atoms with Gasteiger partial charge >= 0.3 is 5.97 Å². The lowest BCUT2D eigenvalue weighted by molar-refractivity contribution is -0.252. The van der Waals surface area contributed by atoms with E-state index in [-0.39, 0.29) is 43.7 Å². The fourth-order valence-corrected chi connectivity index (χ4v) is 5.58. The van der Waals surface area contributed by atoms with E-state index in [1.807, 2.05) is 72.8 Å². The number of nitrogens with one attached hydrogen (secondary N) is 1. The number of rotatable bonds is 11. The molecule has 222 valence electrons. The Balaban J connectivity index is 1.31. The predicted molar refractivity (Wildman–Crippen MR) is 156 cm³/mol.